The Kier molecular flexibility index (Phi) is 4.28. The maximum atomic E-state index is 3.77. The molecular weight excluding hydrogens is 250 g/mol. The Balaban J connectivity index is 1.68. The summed E-state index contributed by atoms with van der Waals surface area (Å²) in [6.45, 7) is 5.86. The Morgan fingerprint density at radius 1 is 1.21 bits per heavy atom. The lowest BCUT2D eigenvalue weighted by Crippen LogP contribution is -2.32. The number of thiophene rings is 1. The lowest BCUT2D eigenvalue weighted by molar-refractivity contribution is 0.227. The molecule has 2 aliphatic rings. The summed E-state index contributed by atoms with van der Waals surface area (Å²) >= 11 is 2.03. The van der Waals surface area contributed by atoms with E-state index in [9.17, 15) is 0 Å². The molecule has 3 atom stereocenters. The van der Waals surface area contributed by atoms with Crippen molar-refractivity contribution < 1.29 is 0 Å². The van der Waals surface area contributed by atoms with Crippen molar-refractivity contribution in [1.29, 1.82) is 0 Å². The number of hydrogen-bond donors (Lipinski definition) is 1. The van der Waals surface area contributed by atoms with Crippen LogP contribution in [0.2, 0.25) is 0 Å². The van der Waals surface area contributed by atoms with Crippen LogP contribution in [0, 0.1) is 18.8 Å². The second-order valence-electron chi connectivity index (χ2n) is 6.58. The Morgan fingerprint density at radius 2 is 2.05 bits per heavy atom. The zero-order valence-corrected chi connectivity index (χ0v) is 13.1. The summed E-state index contributed by atoms with van der Waals surface area (Å²) in [5.74, 6) is 2.66. The highest BCUT2D eigenvalue weighted by Crippen LogP contribution is 2.43. The number of nitrogens with one attached hydrogen (secondary N) is 1. The summed E-state index contributed by atoms with van der Waals surface area (Å²) < 4.78 is 0. The third-order valence-corrected chi connectivity index (χ3v) is 6.18. The molecule has 0 spiro atoms. The molecule has 106 valence electrons. The summed E-state index contributed by atoms with van der Waals surface area (Å²) in [7, 11) is 0. The fraction of sp³-hybridized carbons (Fsp3) is 0.765. The SMILES string of the molecule is CCC1CCC(CNC2CC2)C(c2ccc(C)s2)C1. The van der Waals surface area contributed by atoms with Crippen LogP contribution in [-0.2, 0) is 0 Å². The Bertz CT molecular complexity index is 407. The molecule has 2 fully saturated rings. The first-order valence-electron chi connectivity index (χ1n) is 8.06. The van der Waals surface area contributed by atoms with Gasteiger partial charge in [-0.15, -0.1) is 11.3 Å². The van der Waals surface area contributed by atoms with Gasteiger partial charge in [0.15, 0.2) is 0 Å². The third kappa shape index (κ3) is 3.41. The summed E-state index contributed by atoms with van der Waals surface area (Å²) in [4.78, 5) is 3.13. The molecule has 0 amide bonds. The van der Waals surface area contributed by atoms with Gasteiger partial charge in [-0.1, -0.05) is 19.8 Å². The number of rotatable bonds is 5. The van der Waals surface area contributed by atoms with Gasteiger partial charge in [-0.25, -0.2) is 0 Å². The van der Waals surface area contributed by atoms with Crippen molar-refractivity contribution in [3.05, 3.63) is 21.9 Å². The minimum atomic E-state index is 0.823. The summed E-state index contributed by atoms with van der Waals surface area (Å²) in [5.41, 5.74) is 0. The van der Waals surface area contributed by atoms with E-state index in [4.69, 9.17) is 0 Å². The van der Waals surface area contributed by atoms with E-state index in [2.05, 4.69) is 31.3 Å². The zero-order chi connectivity index (χ0) is 13.2. The molecule has 0 aliphatic heterocycles. The quantitative estimate of drug-likeness (QED) is 0.821. The molecule has 1 N–H and O–H groups in total. The van der Waals surface area contributed by atoms with Gasteiger partial charge in [0.2, 0.25) is 0 Å². The van der Waals surface area contributed by atoms with Crippen molar-refractivity contribution >= 4 is 11.3 Å². The fourth-order valence-electron chi connectivity index (χ4n) is 3.54. The number of aryl methyl sites for hydroxylation is 1. The molecule has 1 heterocycles. The van der Waals surface area contributed by atoms with E-state index in [1.54, 1.807) is 4.88 Å². The van der Waals surface area contributed by atoms with Gasteiger partial charge in [0.25, 0.3) is 0 Å². The lowest BCUT2D eigenvalue weighted by atomic mass is 9.72. The molecule has 3 rings (SSSR count). The minimum absolute atomic E-state index is 0.823. The zero-order valence-electron chi connectivity index (χ0n) is 12.3. The maximum Gasteiger partial charge on any atom is 0.00823 e. The van der Waals surface area contributed by atoms with Crippen LogP contribution in [0.3, 0.4) is 0 Å². The molecule has 19 heavy (non-hydrogen) atoms. The maximum absolute atomic E-state index is 3.77. The van der Waals surface area contributed by atoms with E-state index >= 15 is 0 Å². The summed E-state index contributed by atoms with van der Waals surface area (Å²) in [6.07, 6.45) is 8.49. The van der Waals surface area contributed by atoms with Gasteiger partial charge in [-0.05, 0) is 69.0 Å². The minimum Gasteiger partial charge on any atom is -0.314 e. The van der Waals surface area contributed by atoms with E-state index in [0.29, 0.717) is 0 Å². The molecule has 2 aliphatic carbocycles. The highest BCUT2D eigenvalue weighted by Gasteiger charge is 2.32. The van der Waals surface area contributed by atoms with Gasteiger partial charge in [0.1, 0.15) is 0 Å². The summed E-state index contributed by atoms with van der Waals surface area (Å²) in [6, 6.07) is 5.56. The average Bonchev–Trinajstić information content (AvgIpc) is 3.17. The molecule has 0 radical (unpaired) electrons. The molecule has 0 bridgehead atoms. The van der Waals surface area contributed by atoms with E-state index in [0.717, 1.165) is 23.8 Å². The number of hydrogen-bond acceptors (Lipinski definition) is 2. The van der Waals surface area contributed by atoms with E-state index in [1.165, 1.54) is 49.9 Å². The Hall–Kier alpha value is -0.340. The van der Waals surface area contributed by atoms with Gasteiger partial charge in [-0.3, -0.25) is 0 Å². The summed E-state index contributed by atoms with van der Waals surface area (Å²) in [5, 5.41) is 3.77. The van der Waals surface area contributed by atoms with Gasteiger partial charge in [0, 0.05) is 15.8 Å². The predicted molar refractivity (Wildman–Crippen MR) is 83.9 cm³/mol. The first-order valence-corrected chi connectivity index (χ1v) is 8.87. The topological polar surface area (TPSA) is 12.0 Å². The van der Waals surface area contributed by atoms with E-state index in [-0.39, 0.29) is 0 Å². The molecule has 1 aromatic heterocycles. The standard InChI is InChI=1S/C17H27NS/c1-3-13-5-6-14(11-18-15-7-8-15)16(10-13)17-9-4-12(2)19-17/h4,9,13-16,18H,3,5-8,10-11H2,1-2H3. The van der Waals surface area contributed by atoms with E-state index < -0.39 is 0 Å². The Morgan fingerprint density at radius 3 is 2.68 bits per heavy atom. The predicted octanol–water partition coefficient (Wildman–Crippen LogP) is 4.72. The first kappa shape index (κ1) is 13.6. The molecule has 3 unspecified atom stereocenters. The normalized spacial score (nSPS) is 31.6. The fourth-order valence-corrected chi connectivity index (χ4v) is 4.63. The van der Waals surface area contributed by atoms with Gasteiger partial charge in [-0.2, -0.15) is 0 Å². The van der Waals surface area contributed by atoms with Crippen LogP contribution >= 0.6 is 11.3 Å². The molecule has 0 saturated heterocycles. The van der Waals surface area contributed by atoms with E-state index in [1.807, 2.05) is 11.3 Å². The van der Waals surface area contributed by atoms with Crippen LogP contribution in [-0.4, -0.2) is 12.6 Å². The van der Waals surface area contributed by atoms with Crippen LogP contribution in [0.5, 0.6) is 0 Å². The first-order chi connectivity index (χ1) is 9.26. The van der Waals surface area contributed by atoms with Crippen LogP contribution < -0.4 is 5.32 Å². The highest BCUT2D eigenvalue weighted by molar-refractivity contribution is 7.12. The van der Waals surface area contributed by atoms with Crippen molar-refractivity contribution in [3.63, 3.8) is 0 Å². The molecule has 0 aromatic carbocycles. The van der Waals surface area contributed by atoms with Crippen molar-refractivity contribution in [2.24, 2.45) is 11.8 Å². The molecule has 1 nitrogen and oxygen atoms in total. The van der Waals surface area contributed by atoms with Crippen LogP contribution in [0.15, 0.2) is 12.1 Å². The van der Waals surface area contributed by atoms with Gasteiger partial charge < -0.3 is 5.32 Å². The largest absolute Gasteiger partial charge is 0.314 e. The third-order valence-electron chi connectivity index (χ3n) is 5.05. The highest BCUT2D eigenvalue weighted by atomic mass is 32.1. The lowest BCUT2D eigenvalue weighted by Gasteiger charge is -2.36. The molecule has 2 heteroatoms. The second-order valence-corrected chi connectivity index (χ2v) is 7.90. The van der Waals surface area contributed by atoms with Gasteiger partial charge in [0.05, 0.1) is 0 Å². The van der Waals surface area contributed by atoms with Crippen molar-refractivity contribution in [1.82, 2.24) is 5.32 Å². The van der Waals surface area contributed by atoms with Crippen molar-refractivity contribution in [3.8, 4) is 0 Å². The molecule has 2 saturated carbocycles. The monoisotopic (exact) mass is 277 g/mol. The van der Waals surface area contributed by atoms with Gasteiger partial charge >= 0.3 is 0 Å². The van der Waals surface area contributed by atoms with Crippen LogP contribution in [0.4, 0.5) is 0 Å². The van der Waals surface area contributed by atoms with Crippen molar-refractivity contribution in [2.75, 3.05) is 6.54 Å². The molecular formula is C17H27NS. The van der Waals surface area contributed by atoms with Crippen LogP contribution in [0.25, 0.3) is 0 Å². The smallest absolute Gasteiger partial charge is 0.00823 e. The average molecular weight is 277 g/mol. The van der Waals surface area contributed by atoms with Crippen LogP contribution in [0.1, 0.15) is 61.1 Å². The van der Waals surface area contributed by atoms with Crippen molar-refractivity contribution in [2.45, 2.75) is 64.3 Å². The Labute approximate surface area is 121 Å². The second kappa shape index (κ2) is 5.97. The molecule has 1 aromatic rings.